The third kappa shape index (κ3) is 2.15. The van der Waals surface area contributed by atoms with Crippen molar-refractivity contribution in [2.75, 3.05) is 6.54 Å². The fraction of sp³-hybridized carbons (Fsp3) is 0.545. The van der Waals surface area contributed by atoms with E-state index in [9.17, 15) is 0 Å². The zero-order valence-corrected chi connectivity index (χ0v) is 9.31. The van der Waals surface area contributed by atoms with Crippen molar-refractivity contribution in [2.24, 2.45) is 5.92 Å². The van der Waals surface area contributed by atoms with Crippen molar-refractivity contribution < 1.29 is 0 Å². The smallest absolute Gasteiger partial charge is 0.0992 e. The molecule has 0 radical (unpaired) electrons. The van der Waals surface area contributed by atoms with Gasteiger partial charge in [0.15, 0.2) is 0 Å². The predicted molar refractivity (Wildman–Crippen MR) is 60.9 cm³/mol. The first-order valence-corrected chi connectivity index (χ1v) is 6.05. The summed E-state index contributed by atoms with van der Waals surface area (Å²) in [6.45, 7) is 4.00. The van der Waals surface area contributed by atoms with E-state index >= 15 is 0 Å². The van der Waals surface area contributed by atoms with Crippen molar-refractivity contribution >= 4 is 17.2 Å². The molecule has 1 aliphatic carbocycles. The van der Waals surface area contributed by atoms with Crippen LogP contribution in [0.15, 0.2) is 17.5 Å². The maximum Gasteiger partial charge on any atom is 0.0992 e. The molecule has 1 heterocycles. The van der Waals surface area contributed by atoms with Crippen LogP contribution in [-0.2, 0) is 6.54 Å². The lowest BCUT2D eigenvalue weighted by atomic mass is 10.3. The van der Waals surface area contributed by atoms with E-state index in [-0.39, 0.29) is 0 Å². The molecule has 1 fully saturated rings. The zero-order valence-electron chi connectivity index (χ0n) is 8.49. The Morgan fingerprint density at radius 3 is 2.93 bits per heavy atom. The maximum absolute atomic E-state index is 8.00. The Morgan fingerprint density at radius 1 is 1.64 bits per heavy atom. The van der Waals surface area contributed by atoms with Crippen LogP contribution >= 0.6 is 11.3 Å². The third-order valence-electron chi connectivity index (χ3n) is 2.61. The Balaban J connectivity index is 1.95. The summed E-state index contributed by atoms with van der Waals surface area (Å²) in [5.74, 6) is 1.41. The monoisotopic (exact) mass is 208 g/mol. The highest BCUT2D eigenvalue weighted by atomic mass is 32.1. The molecule has 2 nitrogen and oxygen atoms in total. The molecule has 1 aliphatic rings. The Morgan fingerprint density at radius 2 is 2.43 bits per heavy atom. The van der Waals surface area contributed by atoms with Crippen LogP contribution in [0, 0.1) is 11.3 Å². The van der Waals surface area contributed by atoms with Crippen molar-refractivity contribution in [1.82, 2.24) is 4.90 Å². The molecule has 0 saturated heterocycles. The number of nitrogens with zero attached hydrogens (tertiary/aromatic N) is 1. The molecule has 1 aromatic heterocycles. The van der Waals surface area contributed by atoms with E-state index in [0.29, 0.717) is 5.92 Å². The van der Waals surface area contributed by atoms with Gasteiger partial charge in [-0.25, -0.2) is 0 Å². The van der Waals surface area contributed by atoms with Gasteiger partial charge in [-0.05, 0) is 31.2 Å². The molecule has 0 atom stereocenters. The van der Waals surface area contributed by atoms with Crippen molar-refractivity contribution in [1.29, 1.82) is 5.41 Å². The Bertz CT molecular complexity index is 301. The van der Waals surface area contributed by atoms with Crippen LogP contribution in [0.25, 0.3) is 0 Å². The fourth-order valence-electron chi connectivity index (χ4n) is 1.57. The first kappa shape index (κ1) is 9.71. The minimum Gasteiger partial charge on any atom is -0.355 e. The summed E-state index contributed by atoms with van der Waals surface area (Å²) in [5, 5.41) is 10.1. The van der Waals surface area contributed by atoms with Crippen molar-refractivity contribution in [3.05, 3.63) is 22.4 Å². The standard InChI is InChI=1S/C11H16N2S/c1-2-13(11(12)9-5-6-9)8-10-4-3-7-14-10/h3-4,7,9,12H,2,5-6,8H2,1H3. The molecule has 0 aromatic carbocycles. The lowest BCUT2D eigenvalue weighted by molar-refractivity contribution is 0.423. The molecule has 0 unspecified atom stereocenters. The van der Waals surface area contributed by atoms with Crippen LogP contribution in [-0.4, -0.2) is 17.3 Å². The van der Waals surface area contributed by atoms with Gasteiger partial charge in [-0.1, -0.05) is 6.07 Å². The largest absolute Gasteiger partial charge is 0.355 e. The minimum absolute atomic E-state index is 0.565. The molecular weight excluding hydrogens is 192 g/mol. The molecule has 1 N–H and O–H groups in total. The first-order valence-electron chi connectivity index (χ1n) is 5.17. The number of thiophene rings is 1. The maximum atomic E-state index is 8.00. The molecule has 1 saturated carbocycles. The summed E-state index contributed by atoms with van der Waals surface area (Å²) in [5.41, 5.74) is 0. The second kappa shape index (κ2) is 4.13. The Kier molecular flexibility index (Phi) is 2.87. The van der Waals surface area contributed by atoms with E-state index in [1.54, 1.807) is 11.3 Å². The molecule has 0 bridgehead atoms. The number of nitrogens with one attached hydrogen (secondary N) is 1. The molecule has 14 heavy (non-hydrogen) atoms. The average Bonchev–Trinajstić information content (AvgIpc) is 2.93. The first-order chi connectivity index (χ1) is 6.81. The molecule has 0 amide bonds. The van der Waals surface area contributed by atoms with Crippen molar-refractivity contribution in [3.63, 3.8) is 0 Å². The van der Waals surface area contributed by atoms with E-state index in [2.05, 4.69) is 29.3 Å². The van der Waals surface area contributed by atoms with Crippen molar-refractivity contribution in [2.45, 2.75) is 26.3 Å². The summed E-state index contributed by atoms with van der Waals surface area (Å²) in [6, 6.07) is 4.22. The summed E-state index contributed by atoms with van der Waals surface area (Å²) in [6.07, 6.45) is 2.44. The average molecular weight is 208 g/mol. The zero-order chi connectivity index (χ0) is 9.97. The number of amidine groups is 1. The van der Waals surface area contributed by atoms with E-state index < -0.39 is 0 Å². The van der Waals surface area contributed by atoms with Crippen LogP contribution < -0.4 is 0 Å². The summed E-state index contributed by atoms with van der Waals surface area (Å²) in [4.78, 5) is 3.54. The summed E-state index contributed by atoms with van der Waals surface area (Å²) >= 11 is 1.78. The van der Waals surface area contributed by atoms with Gasteiger partial charge in [0.25, 0.3) is 0 Å². The van der Waals surface area contributed by atoms with Gasteiger partial charge in [-0.3, -0.25) is 5.41 Å². The van der Waals surface area contributed by atoms with E-state index in [0.717, 1.165) is 18.9 Å². The molecule has 1 aromatic rings. The molecule has 0 aliphatic heterocycles. The van der Waals surface area contributed by atoms with Gasteiger partial charge in [0, 0.05) is 17.3 Å². The van der Waals surface area contributed by atoms with Gasteiger partial charge < -0.3 is 4.90 Å². The SMILES string of the molecule is CCN(Cc1cccs1)C(=N)C1CC1. The van der Waals surface area contributed by atoms with E-state index in [1.807, 2.05) is 0 Å². The van der Waals surface area contributed by atoms with Gasteiger partial charge >= 0.3 is 0 Å². The van der Waals surface area contributed by atoms with Crippen LogP contribution in [0.1, 0.15) is 24.6 Å². The molecular formula is C11H16N2S. The fourth-order valence-corrected chi connectivity index (χ4v) is 2.29. The van der Waals surface area contributed by atoms with Gasteiger partial charge in [0.05, 0.1) is 12.4 Å². The highest BCUT2D eigenvalue weighted by Gasteiger charge is 2.29. The molecule has 2 rings (SSSR count). The van der Waals surface area contributed by atoms with Gasteiger partial charge in [0.1, 0.15) is 0 Å². The topological polar surface area (TPSA) is 27.1 Å². The number of hydrogen-bond acceptors (Lipinski definition) is 2. The number of hydrogen-bond donors (Lipinski definition) is 1. The van der Waals surface area contributed by atoms with Crippen LogP contribution in [0.2, 0.25) is 0 Å². The van der Waals surface area contributed by atoms with Gasteiger partial charge in [-0.15, -0.1) is 11.3 Å². The second-order valence-corrected chi connectivity index (χ2v) is 4.79. The van der Waals surface area contributed by atoms with E-state index in [1.165, 1.54) is 17.7 Å². The molecule has 76 valence electrons. The van der Waals surface area contributed by atoms with Crippen LogP contribution in [0.3, 0.4) is 0 Å². The molecule has 0 spiro atoms. The number of rotatable bonds is 4. The second-order valence-electron chi connectivity index (χ2n) is 3.75. The summed E-state index contributed by atoms with van der Waals surface area (Å²) < 4.78 is 0. The normalized spacial score (nSPS) is 15.5. The Hall–Kier alpha value is -0.830. The lowest BCUT2D eigenvalue weighted by Gasteiger charge is -2.22. The van der Waals surface area contributed by atoms with E-state index in [4.69, 9.17) is 5.41 Å². The van der Waals surface area contributed by atoms with Crippen molar-refractivity contribution in [3.8, 4) is 0 Å². The van der Waals surface area contributed by atoms with Crippen LogP contribution in [0.5, 0.6) is 0 Å². The minimum atomic E-state index is 0.565. The Labute approximate surface area is 89.1 Å². The third-order valence-corrected chi connectivity index (χ3v) is 3.47. The quantitative estimate of drug-likeness (QED) is 0.598. The lowest BCUT2D eigenvalue weighted by Crippen LogP contribution is -2.30. The molecule has 3 heteroatoms. The highest BCUT2D eigenvalue weighted by Crippen LogP contribution is 2.31. The van der Waals surface area contributed by atoms with Crippen LogP contribution in [0.4, 0.5) is 0 Å². The van der Waals surface area contributed by atoms with Gasteiger partial charge in [0.2, 0.25) is 0 Å². The van der Waals surface area contributed by atoms with Gasteiger partial charge in [-0.2, -0.15) is 0 Å². The summed E-state index contributed by atoms with van der Waals surface area (Å²) in [7, 11) is 0. The predicted octanol–water partition coefficient (Wildman–Crippen LogP) is 2.96. The highest BCUT2D eigenvalue weighted by molar-refractivity contribution is 7.09.